The molecule has 14 nitrogen and oxygen atoms in total. The maximum absolute atomic E-state index is 12.3. The Bertz CT molecular complexity index is 1200. The van der Waals surface area contributed by atoms with Crippen LogP contribution in [0.5, 0.6) is 0 Å². The highest BCUT2D eigenvalue weighted by molar-refractivity contribution is 5.68. The van der Waals surface area contributed by atoms with Gasteiger partial charge in [-0.1, -0.05) is 30.3 Å². The van der Waals surface area contributed by atoms with Gasteiger partial charge in [0.15, 0.2) is 36.4 Å². The van der Waals surface area contributed by atoms with Gasteiger partial charge in [-0.2, -0.15) is 0 Å². The Morgan fingerprint density at radius 1 is 0.667 bits per heavy atom. The third-order valence-corrected chi connectivity index (χ3v) is 7.61. The van der Waals surface area contributed by atoms with Gasteiger partial charge in [-0.25, -0.2) is 0 Å². The summed E-state index contributed by atoms with van der Waals surface area (Å²) < 4.78 is 66.1. The molecule has 0 aliphatic carbocycles. The Hall–Kier alpha value is -2.69. The Kier molecular flexibility index (Phi) is 10.2. The summed E-state index contributed by atoms with van der Waals surface area (Å²) >= 11 is 0. The molecule has 14 heteroatoms. The van der Waals surface area contributed by atoms with Crippen molar-refractivity contribution in [1.29, 1.82) is 0 Å². The van der Waals surface area contributed by atoms with E-state index in [0.29, 0.717) is 0 Å². The van der Waals surface area contributed by atoms with Gasteiger partial charge in [-0.05, 0) is 33.3 Å². The predicted molar refractivity (Wildman–Crippen MR) is 150 cm³/mol. The lowest BCUT2D eigenvalue weighted by molar-refractivity contribution is -0.326. The number of rotatable bonds is 10. The maximum Gasteiger partial charge on any atom is 0.303 e. The van der Waals surface area contributed by atoms with Crippen LogP contribution < -0.4 is 0 Å². The Morgan fingerprint density at radius 2 is 1.29 bits per heavy atom. The molecule has 0 amide bonds. The van der Waals surface area contributed by atoms with Crippen LogP contribution in [0, 0.1) is 0 Å². The van der Waals surface area contributed by atoms with Gasteiger partial charge in [0.2, 0.25) is 0 Å². The van der Waals surface area contributed by atoms with Crippen LogP contribution in [0.3, 0.4) is 0 Å². The summed E-state index contributed by atoms with van der Waals surface area (Å²) in [7, 11) is 0. The zero-order chi connectivity index (χ0) is 32.5. The standard InChI is InChI=1S/C31H42O14/c1-16(32)35-14-20-22(38-17(2)33)24(39-18(3)34)26(36-13-19-11-9-8-10-12-19)28(40-20)37-15-21-23-25(43-30(4,5)42-23)27-29(41-21)45-31(6,7)44-27/h8-12,20-29H,13-15H2,1-7H3/t20-,21-,22+,23+,24+,25+,26-,27-,28?,29-/m1/s1. The fourth-order valence-corrected chi connectivity index (χ4v) is 5.97. The Morgan fingerprint density at radius 3 is 1.96 bits per heavy atom. The maximum atomic E-state index is 12.3. The average molecular weight is 639 g/mol. The third kappa shape index (κ3) is 8.19. The molecule has 0 saturated carbocycles. The zero-order valence-electron chi connectivity index (χ0n) is 26.5. The van der Waals surface area contributed by atoms with Gasteiger partial charge in [-0.3, -0.25) is 14.4 Å². The first-order chi connectivity index (χ1) is 21.2. The average Bonchev–Trinajstić information content (AvgIpc) is 3.45. The van der Waals surface area contributed by atoms with Gasteiger partial charge in [0.05, 0.1) is 13.2 Å². The summed E-state index contributed by atoms with van der Waals surface area (Å²) in [4.78, 5) is 36.2. The quantitative estimate of drug-likeness (QED) is 0.272. The molecule has 0 radical (unpaired) electrons. The fourth-order valence-electron chi connectivity index (χ4n) is 5.97. The number of ether oxygens (including phenoxy) is 11. The van der Waals surface area contributed by atoms with E-state index in [2.05, 4.69) is 0 Å². The molecule has 4 aliphatic heterocycles. The number of benzene rings is 1. The molecule has 250 valence electrons. The molecule has 1 aromatic carbocycles. The van der Waals surface area contributed by atoms with Crippen molar-refractivity contribution < 1.29 is 66.5 Å². The van der Waals surface area contributed by atoms with Crippen molar-refractivity contribution >= 4 is 17.9 Å². The second-order valence-electron chi connectivity index (χ2n) is 12.3. The zero-order valence-corrected chi connectivity index (χ0v) is 26.5. The lowest BCUT2D eigenvalue weighted by atomic mass is 9.97. The molecule has 1 aromatic rings. The van der Waals surface area contributed by atoms with Crippen LogP contribution in [0.4, 0.5) is 0 Å². The van der Waals surface area contributed by atoms with E-state index < -0.39 is 90.9 Å². The smallest absolute Gasteiger partial charge is 0.303 e. The topological polar surface area (TPSA) is 153 Å². The van der Waals surface area contributed by atoms with Crippen LogP contribution in [0.2, 0.25) is 0 Å². The van der Waals surface area contributed by atoms with Crippen molar-refractivity contribution in [3.63, 3.8) is 0 Å². The van der Waals surface area contributed by atoms with Gasteiger partial charge in [0.1, 0.15) is 43.2 Å². The summed E-state index contributed by atoms with van der Waals surface area (Å²) in [6.45, 7) is 10.5. The molecule has 10 atom stereocenters. The van der Waals surface area contributed by atoms with Gasteiger partial charge >= 0.3 is 17.9 Å². The summed E-state index contributed by atoms with van der Waals surface area (Å²) in [6.07, 6.45) is -8.77. The number of hydrogen-bond donors (Lipinski definition) is 0. The molecule has 4 saturated heterocycles. The largest absolute Gasteiger partial charge is 0.463 e. The highest BCUT2D eigenvalue weighted by Crippen LogP contribution is 2.44. The van der Waals surface area contributed by atoms with Crippen molar-refractivity contribution in [2.24, 2.45) is 0 Å². The second-order valence-corrected chi connectivity index (χ2v) is 12.3. The molecule has 0 spiro atoms. The number of fused-ring (bicyclic) bond motifs is 3. The lowest BCUT2D eigenvalue weighted by Crippen LogP contribution is -2.63. The molecular formula is C31H42O14. The van der Waals surface area contributed by atoms with Crippen molar-refractivity contribution in [2.75, 3.05) is 13.2 Å². The van der Waals surface area contributed by atoms with Crippen LogP contribution in [0.1, 0.15) is 54.0 Å². The molecule has 4 fully saturated rings. The van der Waals surface area contributed by atoms with Crippen molar-refractivity contribution in [3.05, 3.63) is 35.9 Å². The van der Waals surface area contributed by atoms with E-state index in [0.717, 1.165) is 5.56 Å². The second kappa shape index (κ2) is 13.6. The highest BCUT2D eigenvalue weighted by atomic mass is 16.9. The van der Waals surface area contributed by atoms with Gasteiger partial charge in [-0.15, -0.1) is 0 Å². The predicted octanol–water partition coefficient (Wildman–Crippen LogP) is 2.14. The number of esters is 3. The summed E-state index contributed by atoms with van der Waals surface area (Å²) in [5, 5.41) is 0. The molecule has 4 aliphatic rings. The first kappa shape index (κ1) is 33.7. The minimum absolute atomic E-state index is 0.0885. The highest BCUT2D eigenvalue weighted by Gasteiger charge is 2.61. The van der Waals surface area contributed by atoms with E-state index in [1.807, 2.05) is 30.3 Å². The van der Waals surface area contributed by atoms with Crippen LogP contribution in [0.15, 0.2) is 30.3 Å². The first-order valence-corrected chi connectivity index (χ1v) is 15.0. The van der Waals surface area contributed by atoms with E-state index in [1.54, 1.807) is 27.7 Å². The number of carbonyl (C=O) groups excluding carboxylic acids is 3. The number of carbonyl (C=O) groups is 3. The minimum Gasteiger partial charge on any atom is -0.463 e. The van der Waals surface area contributed by atoms with E-state index in [9.17, 15) is 14.4 Å². The van der Waals surface area contributed by atoms with Gasteiger partial charge in [0, 0.05) is 20.8 Å². The molecule has 0 N–H and O–H groups in total. The molecule has 1 unspecified atom stereocenters. The molecule has 4 heterocycles. The molecule has 45 heavy (non-hydrogen) atoms. The van der Waals surface area contributed by atoms with Crippen molar-refractivity contribution in [3.8, 4) is 0 Å². The van der Waals surface area contributed by atoms with Gasteiger partial charge in [0.25, 0.3) is 0 Å². The third-order valence-electron chi connectivity index (χ3n) is 7.61. The molecule has 0 aromatic heterocycles. The molecule has 0 bridgehead atoms. The summed E-state index contributed by atoms with van der Waals surface area (Å²) in [5.74, 6) is -3.71. The normalized spacial score (nSPS) is 36.4. The molecular weight excluding hydrogens is 596 g/mol. The van der Waals surface area contributed by atoms with Crippen molar-refractivity contribution in [2.45, 2.75) is 128 Å². The van der Waals surface area contributed by atoms with E-state index in [1.165, 1.54) is 20.8 Å². The Labute approximate surface area is 261 Å². The fraction of sp³-hybridized carbons (Fsp3) is 0.710. The SMILES string of the molecule is CC(=O)OC[C@H]1OC(OC[C@H]2O[C@@H]3OC(C)(C)O[C@@H]3[C@H]3OC(C)(C)O[C@H]32)[C@H](OCc2ccccc2)[C@@H](OC(C)=O)[C@H]1OC(C)=O. The van der Waals surface area contributed by atoms with Crippen LogP contribution in [-0.4, -0.2) is 104 Å². The van der Waals surface area contributed by atoms with Crippen LogP contribution in [-0.2, 0) is 73.1 Å². The van der Waals surface area contributed by atoms with Crippen LogP contribution >= 0.6 is 0 Å². The van der Waals surface area contributed by atoms with E-state index in [4.69, 9.17) is 52.1 Å². The van der Waals surface area contributed by atoms with Crippen molar-refractivity contribution in [1.82, 2.24) is 0 Å². The van der Waals surface area contributed by atoms with E-state index >= 15 is 0 Å². The van der Waals surface area contributed by atoms with E-state index in [-0.39, 0.29) is 19.8 Å². The summed E-state index contributed by atoms with van der Waals surface area (Å²) in [5.41, 5.74) is 0.827. The number of hydrogen-bond acceptors (Lipinski definition) is 14. The summed E-state index contributed by atoms with van der Waals surface area (Å²) in [6, 6.07) is 9.31. The van der Waals surface area contributed by atoms with Crippen LogP contribution in [0.25, 0.3) is 0 Å². The first-order valence-electron chi connectivity index (χ1n) is 15.0. The minimum atomic E-state index is -1.20. The monoisotopic (exact) mass is 638 g/mol. The lowest BCUT2D eigenvalue weighted by Gasteiger charge is -2.45. The van der Waals surface area contributed by atoms with Gasteiger partial charge < -0.3 is 52.1 Å². The molecule has 5 rings (SSSR count). The Balaban J connectivity index is 1.41.